The SMILES string of the molecule is CCCNC(=O)[C@@H]1[C@H]2C(=O)N([C@H](C)CO)C(C(=O)NCCN3CCOCC3)C23S[C@@H]1CC3C. The Morgan fingerprint density at radius 2 is 1.94 bits per heavy atom. The molecule has 4 saturated heterocycles. The van der Waals surface area contributed by atoms with E-state index in [0.29, 0.717) is 26.3 Å². The molecule has 4 fully saturated rings. The monoisotopic (exact) mass is 482 g/mol. The predicted molar refractivity (Wildman–Crippen MR) is 126 cm³/mol. The van der Waals surface area contributed by atoms with Crippen molar-refractivity contribution in [1.82, 2.24) is 20.4 Å². The van der Waals surface area contributed by atoms with Gasteiger partial charge in [0.2, 0.25) is 17.7 Å². The van der Waals surface area contributed by atoms with Crippen LogP contribution in [0.4, 0.5) is 0 Å². The molecule has 3 N–H and O–H groups in total. The molecule has 0 radical (unpaired) electrons. The minimum absolute atomic E-state index is 0.0426. The number of aliphatic hydroxyl groups is 1. The molecule has 3 unspecified atom stereocenters. The number of carbonyl (C=O) groups is 3. The van der Waals surface area contributed by atoms with Crippen LogP contribution >= 0.6 is 11.8 Å². The zero-order chi connectivity index (χ0) is 23.8. The quantitative estimate of drug-likeness (QED) is 0.413. The zero-order valence-electron chi connectivity index (χ0n) is 19.9. The molecule has 0 saturated carbocycles. The number of morpholine rings is 1. The number of thioether (sulfide) groups is 1. The Balaban J connectivity index is 1.57. The van der Waals surface area contributed by atoms with Crippen molar-refractivity contribution < 1.29 is 24.2 Å². The van der Waals surface area contributed by atoms with Crippen molar-refractivity contribution >= 4 is 29.5 Å². The van der Waals surface area contributed by atoms with Crippen LogP contribution in [0.5, 0.6) is 0 Å². The van der Waals surface area contributed by atoms with Crippen LogP contribution in [0.3, 0.4) is 0 Å². The van der Waals surface area contributed by atoms with E-state index in [1.54, 1.807) is 23.6 Å². The fourth-order valence-electron chi connectivity index (χ4n) is 6.25. The number of hydrogen-bond acceptors (Lipinski definition) is 7. The first-order valence-corrected chi connectivity index (χ1v) is 13.2. The van der Waals surface area contributed by atoms with Crippen LogP contribution in [-0.4, -0.2) is 107 Å². The summed E-state index contributed by atoms with van der Waals surface area (Å²) in [6, 6.07) is -1.17. The van der Waals surface area contributed by atoms with E-state index in [-0.39, 0.29) is 35.5 Å². The van der Waals surface area contributed by atoms with Crippen LogP contribution in [0, 0.1) is 17.8 Å². The van der Waals surface area contributed by atoms with Crippen LogP contribution < -0.4 is 10.6 Å². The summed E-state index contributed by atoms with van der Waals surface area (Å²) in [6.07, 6.45) is 1.65. The van der Waals surface area contributed by atoms with Gasteiger partial charge in [-0.2, -0.15) is 0 Å². The van der Waals surface area contributed by atoms with Gasteiger partial charge in [0.05, 0.1) is 42.4 Å². The molecular formula is C23H38N4O5S. The van der Waals surface area contributed by atoms with Gasteiger partial charge in [-0.05, 0) is 25.7 Å². The molecule has 4 aliphatic heterocycles. The molecule has 4 aliphatic rings. The van der Waals surface area contributed by atoms with Crippen molar-refractivity contribution in [2.24, 2.45) is 17.8 Å². The molecule has 10 heteroatoms. The number of nitrogens with zero attached hydrogens (tertiary/aromatic N) is 2. The number of likely N-dealkylation sites (tertiary alicyclic amines) is 1. The summed E-state index contributed by atoms with van der Waals surface area (Å²) in [6.45, 7) is 10.6. The molecule has 3 amide bonds. The Hall–Kier alpha value is -1.36. The maximum absolute atomic E-state index is 13.8. The number of aliphatic hydroxyl groups excluding tert-OH is 1. The average Bonchev–Trinajstić information content (AvgIpc) is 3.41. The molecule has 0 aromatic heterocycles. The molecule has 33 heavy (non-hydrogen) atoms. The van der Waals surface area contributed by atoms with Gasteiger partial charge in [0.1, 0.15) is 6.04 Å². The number of carbonyl (C=O) groups excluding carboxylic acids is 3. The van der Waals surface area contributed by atoms with Gasteiger partial charge in [0.25, 0.3) is 0 Å². The van der Waals surface area contributed by atoms with Crippen molar-refractivity contribution in [2.75, 3.05) is 52.5 Å². The number of hydrogen-bond donors (Lipinski definition) is 3. The Kier molecular flexibility index (Phi) is 7.57. The Morgan fingerprint density at radius 1 is 1.24 bits per heavy atom. The number of nitrogens with one attached hydrogen (secondary N) is 2. The second-order valence-corrected chi connectivity index (χ2v) is 11.4. The predicted octanol–water partition coefficient (Wildman–Crippen LogP) is -0.321. The summed E-state index contributed by atoms with van der Waals surface area (Å²) in [5.41, 5.74) is 0. The van der Waals surface area contributed by atoms with Crippen LogP contribution in [0.25, 0.3) is 0 Å². The third-order valence-corrected chi connectivity index (χ3v) is 9.93. The van der Waals surface area contributed by atoms with E-state index in [9.17, 15) is 19.5 Å². The number of ether oxygens (including phenoxy) is 1. The molecule has 1 spiro atoms. The van der Waals surface area contributed by atoms with E-state index < -0.39 is 28.7 Å². The van der Waals surface area contributed by atoms with Crippen molar-refractivity contribution in [3.63, 3.8) is 0 Å². The van der Waals surface area contributed by atoms with Gasteiger partial charge >= 0.3 is 0 Å². The smallest absolute Gasteiger partial charge is 0.244 e. The van der Waals surface area contributed by atoms with Gasteiger partial charge in [-0.15, -0.1) is 11.8 Å². The molecule has 186 valence electrons. The minimum atomic E-state index is -0.684. The highest BCUT2D eigenvalue weighted by molar-refractivity contribution is 8.02. The van der Waals surface area contributed by atoms with Crippen LogP contribution in [-0.2, 0) is 19.1 Å². The zero-order valence-corrected chi connectivity index (χ0v) is 20.7. The van der Waals surface area contributed by atoms with E-state index in [4.69, 9.17) is 4.74 Å². The van der Waals surface area contributed by atoms with Gasteiger partial charge in [-0.1, -0.05) is 13.8 Å². The van der Waals surface area contributed by atoms with Crippen LogP contribution in [0.2, 0.25) is 0 Å². The molecular weight excluding hydrogens is 444 g/mol. The summed E-state index contributed by atoms with van der Waals surface area (Å²) in [7, 11) is 0. The summed E-state index contributed by atoms with van der Waals surface area (Å²) < 4.78 is 4.75. The number of fused-ring (bicyclic) bond motifs is 1. The Bertz CT molecular complexity index is 763. The fourth-order valence-corrected chi connectivity index (χ4v) is 8.65. The van der Waals surface area contributed by atoms with E-state index in [1.807, 2.05) is 6.92 Å². The van der Waals surface area contributed by atoms with Gasteiger partial charge in [0.15, 0.2) is 0 Å². The Labute approximate surface area is 200 Å². The summed E-state index contributed by atoms with van der Waals surface area (Å²) >= 11 is 1.67. The molecule has 0 aromatic rings. The first-order valence-electron chi connectivity index (χ1n) is 12.3. The van der Waals surface area contributed by atoms with Gasteiger partial charge in [-0.25, -0.2) is 0 Å². The normalized spacial score (nSPS) is 36.7. The summed E-state index contributed by atoms with van der Waals surface area (Å²) in [5, 5.41) is 16.0. The standard InChI is InChI=1S/C23H38N4O5S/c1-4-5-24-20(29)17-16-12-14(2)23(33-16)18(17)22(31)27(15(3)13-28)19(23)21(30)25-6-7-26-8-10-32-11-9-26/h14-19,28H,4-13H2,1-3H3,(H,24,29)(H,25,30)/t14?,15-,16-,17+,18+,19?,23?/m1/s1. The highest BCUT2D eigenvalue weighted by atomic mass is 32.2. The second-order valence-electron chi connectivity index (χ2n) is 9.87. The van der Waals surface area contributed by atoms with E-state index >= 15 is 0 Å². The van der Waals surface area contributed by atoms with Gasteiger partial charge in [-0.3, -0.25) is 19.3 Å². The maximum Gasteiger partial charge on any atom is 0.244 e. The largest absolute Gasteiger partial charge is 0.394 e. The first kappa shape index (κ1) is 24.8. The lowest BCUT2D eigenvalue weighted by Gasteiger charge is -2.39. The van der Waals surface area contributed by atoms with Crippen molar-refractivity contribution in [3.05, 3.63) is 0 Å². The van der Waals surface area contributed by atoms with E-state index in [1.165, 1.54) is 0 Å². The number of rotatable bonds is 9. The highest BCUT2D eigenvalue weighted by Gasteiger charge is 2.76. The molecule has 4 heterocycles. The topological polar surface area (TPSA) is 111 Å². The molecule has 2 bridgehead atoms. The van der Waals surface area contributed by atoms with E-state index in [0.717, 1.165) is 32.5 Å². The first-order chi connectivity index (χ1) is 15.9. The third kappa shape index (κ3) is 4.17. The molecule has 0 aromatic carbocycles. The number of amides is 3. The lowest BCUT2D eigenvalue weighted by Crippen LogP contribution is -2.58. The van der Waals surface area contributed by atoms with E-state index in [2.05, 4.69) is 22.5 Å². The minimum Gasteiger partial charge on any atom is -0.394 e. The van der Waals surface area contributed by atoms with Gasteiger partial charge < -0.3 is 25.4 Å². The summed E-state index contributed by atoms with van der Waals surface area (Å²) in [4.78, 5) is 44.3. The van der Waals surface area contributed by atoms with Crippen LogP contribution in [0.15, 0.2) is 0 Å². The molecule has 7 atom stereocenters. The summed E-state index contributed by atoms with van der Waals surface area (Å²) in [5.74, 6) is -1.24. The van der Waals surface area contributed by atoms with Crippen molar-refractivity contribution in [1.29, 1.82) is 0 Å². The van der Waals surface area contributed by atoms with Gasteiger partial charge in [0, 0.05) is 38.0 Å². The Morgan fingerprint density at radius 3 is 2.61 bits per heavy atom. The van der Waals surface area contributed by atoms with Crippen LogP contribution in [0.1, 0.15) is 33.6 Å². The van der Waals surface area contributed by atoms with Crippen molar-refractivity contribution in [2.45, 2.75) is 55.7 Å². The average molecular weight is 483 g/mol. The maximum atomic E-state index is 13.8. The fraction of sp³-hybridized carbons (Fsp3) is 0.870. The molecule has 4 rings (SSSR count). The lowest BCUT2D eigenvalue weighted by atomic mass is 9.66. The highest BCUT2D eigenvalue weighted by Crippen LogP contribution is 2.68. The third-order valence-electron chi connectivity index (χ3n) is 7.85. The lowest BCUT2D eigenvalue weighted by molar-refractivity contribution is -0.142. The molecule has 0 aliphatic carbocycles. The molecule has 9 nitrogen and oxygen atoms in total. The van der Waals surface area contributed by atoms with Crippen molar-refractivity contribution in [3.8, 4) is 0 Å². The second kappa shape index (κ2) is 10.1.